The molecule has 0 bridgehead atoms. The van der Waals surface area contributed by atoms with Gasteiger partial charge in [0, 0.05) is 25.8 Å². The molecule has 0 saturated carbocycles. The van der Waals surface area contributed by atoms with Crippen LogP contribution in [-0.2, 0) is 16.6 Å². The van der Waals surface area contributed by atoms with E-state index in [9.17, 15) is 13.2 Å². The number of carbonyl (C=O) groups is 1. The number of nitrogens with zero attached hydrogens (tertiary/aromatic N) is 3. The van der Waals surface area contributed by atoms with E-state index in [1.54, 1.807) is 14.0 Å². The number of aryl methyl sites for hydroxylation is 1. The fraction of sp³-hybridized carbons (Fsp3) is 0.474. The minimum absolute atomic E-state index is 0.0782. The predicted octanol–water partition coefficient (Wildman–Crippen LogP) is 1.95. The van der Waals surface area contributed by atoms with E-state index in [2.05, 4.69) is 10.4 Å². The number of amides is 1. The molecular weight excluding hydrogens is 364 g/mol. The van der Waals surface area contributed by atoms with Crippen LogP contribution in [-0.4, -0.2) is 54.3 Å². The van der Waals surface area contributed by atoms with Crippen molar-refractivity contribution in [1.82, 2.24) is 19.4 Å². The van der Waals surface area contributed by atoms with Crippen LogP contribution in [0.4, 0.5) is 0 Å². The Kier molecular flexibility index (Phi) is 7.15. The van der Waals surface area contributed by atoms with E-state index < -0.39 is 10.0 Å². The molecule has 0 unspecified atom stereocenters. The van der Waals surface area contributed by atoms with Crippen molar-refractivity contribution in [2.45, 2.75) is 33.7 Å². The molecule has 1 N–H and O–H groups in total. The molecule has 2 aromatic rings. The minimum atomic E-state index is -3.18. The molecule has 8 heteroatoms. The van der Waals surface area contributed by atoms with Crippen LogP contribution in [0.1, 0.15) is 40.7 Å². The lowest BCUT2D eigenvalue weighted by atomic mass is 10.1. The van der Waals surface area contributed by atoms with Crippen molar-refractivity contribution >= 4 is 15.9 Å². The summed E-state index contributed by atoms with van der Waals surface area (Å²) in [6.45, 7) is 6.73. The van der Waals surface area contributed by atoms with E-state index in [-0.39, 0.29) is 11.7 Å². The van der Waals surface area contributed by atoms with E-state index >= 15 is 0 Å². The Bertz CT molecular complexity index is 876. The van der Waals surface area contributed by atoms with Gasteiger partial charge in [0.15, 0.2) is 0 Å². The van der Waals surface area contributed by atoms with Crippen molar-refractivity contribution in [2.24, 2.45) is 0 Å². The first-order valence-corrected chi connectivity index (χ1v) is 10.7. The Morgan fingerprint density at radius 2 is 1.89 bits per heavy atom. The van der Waals surface area contributed by atoms with E-state index in [0.29, 0.717) is 37.3 Å². The summed E-state index contributed by atoms with van der Waals surface area (Å²) in [5.74, 6) is -0.0974. The highest BCUT2D eigenvalue weighted by molar-refractivity contribution is 7.89. The van der Waals surface area contributed by atoms with Crippen molar-refractivity contribution in [3.05, 3.63) is 52.8 Å². The zero-order valence-corrected chi connectivity index (χ0v) is 17.2. The number of hydrogen-bond donors (Lipinski definition) is 1. The summed E-state index contributed by atoms with van der Waals surface area (Å²) in [4.78, 5) is 12.6. The molecule has 0 atom stereocenters. The third-order valence-corrected chi connectivity index (χ3v) is 6.42. The van der Waals surface area contributed by atoms with Crippen molar-refractivity contribution in [1.29, 1.82) is 0 Å². The van der Waals surface area contributed by atoms with Gasteiger partial charge in [0.05, 0.1) is 23.6 Å². The smallest absolute Gasteiger partial charge is 0.255 e. The van der Waals surface area contributed by atoms with Crippen LogP contribution in [0.3, 0.4) is 0 Å². The largest absolute Gasteiger partial charge is 0.352 e. The summed E-state index contributed by atoms with van der Waals surface area (Å²) < 4.78 is 26.6. The molecule has 0 aliphatic heterocycles. The average molecular weight is 393 g/mol. The molecule has 0 spiro atoms. The van der Waals surface area contributed by atoms with Gasteiger partial charge < -0.3 is 5.32 Å². The number of hydrogen-bond acceptors (Lipinski definition) is 4. The van der Waals surface area contributed by atoms with Crippen LogP contribution in [0.2, 0.25) is 0 Å². The Morgan fingerprint density at radius 3 is 2.52 bits per heavy atom. The Hall–Kier alpha value is -2.19. The second-order valence-electron chi connectivity index (χ2n) is 6.52. The number of rotatable bonds is 9. The number of sulfonamides is 1. The lowest BCUT2D eigenvalue weighted by Crippen LogP contribution is -2.32. The molecule has 2 rings (SSSR count). The molecule has 1 aromatic carbocycles. The number of nitrogens with one attached hydrogen (secondary N) is 1. The maximum Gasteiger partial charge on any atom is 0.255 e. The van der Waals surface area contributed by atoms with Gasteiger partial charge in [-0.05, 0) is 32.8 Å². The molecule has 0 saturated heterocycles. The van der Waals surface area contributed by atoms with Crippen LogP contribution < -0.4 is 5.32 Å². The number of benzene rings is 1. The first-order chi connectivity index (χ1) is 12.8. The van der Waals surface area contributed by atoms with Gasteiger partial charge in [0.25, 0.3) is 5.91 Å². The van der Waals surface area contributed by atoms with E-state index in [1.807, 2.05) is 48.9 Å². The molecule has 0 fully saturated rings. The lowest BCUT2D eigenvalue weighted by molar-refractivity contribution is 0.0951. The lowest BCUT2D eigenvalue weighted by Gasteiger charge is -2.15. The Balaban J connectivity index is 1.95. The summed E-state index contributed by atoms with van der Waals surface area (Å²) >= 11 is 0. The third kappa shape index (κ3) is 5.40. The summed E-state index contributed by atoms with van der Waals surface area (Å²) in [5, 5.41) is 7.36. The van der Waals surface area contributed by atoms with Crippen LogP contribution in [0.5, 0.6) is 0 Å². The standard InChI is InChI=1S/C19H28N4O3S/c1-5-27(25,26)22(4)13-9-12-20-19(24)18-15(2)21-23(16(18)3)14-17-10-7-6-8-11-17/h6-8,10-11H,5,9,12-14H2,1-4H3,(H,20,24). The van der Waals surface area contributed by atoms with Gasteiger partial charge in [-0.1, -0.05) is 30.3 Å². The Morgan fingerprint density at radius 1 is 1.22 bits per heavy atom. The highest BCUT2D eigenvalue weighted by atomic mass is 32.2. The topological polar surface area (TPSA) is 84.3 Å². The van der Waals surface area contributed by atoms with Gasteiger partial charge in [0.1, 0.15) is 0 Å². The van der Waals surface area contributed by atoms with E-state index in [1.165, 1.54) is 4.31 Å². The average Bonchev–Trinajstić information content (AvgIpc) is 2.92. The monoisotopic (exact) mass is 392 g/mol. The second kappa shape index (κ2) is 9.14. The molecule has 1 aromatic heterocycles. The number of carbonyl (C=O) groups excluding carboxylic acids is 1. The maximum absolute atomic E-state index is 12.6. The van der Waals surface area contributed by atoms with E-state index in [4.69, 9.17) is 0 Å². The highest BCUT2D eigenvalue weighted by Crippen LogP contribution is 2.15. The number of aromatic nitrogens is 2. The quantitative estimate of drug-likeness (QED) is 0.661. The summed E-state index contributed by atoms with van der Waals surface area (Å²) in [7, 11) is -1.63. The first-order valence-electron chi connectivity index (χ1n) is 9.06. The zero-order chi connectivity index (χ0) is 20.0. The van der Waals surface area contributed by atoms with Crippen molar-refractivity contribution in [2.75, 3.05) is 25.9 Å². The van der Waals surface area contributed by atoms with Crippen LogP contribution in [0.25, 0.3) is 0 Å². The maximum atomic E-state index is 12.6. The highest BCUT2D eigenvalue weighted by Gasteiger charge is 2.19. The van der Waals surface area contributed by atoms with Gasteiger partial charge >= 0.3 is 0 Å². The molecular formula is C19H28N4O3S. The van der Waals surface area contributed by atoms with Crippen molar-refractivity contribution < 1.29 is 13.2 Å². The van der Waals surface area contributed by atoms with Gasteiger partial charge in [-0.15, -0.1) is 0 Å². The van der Waals surface area contributed by atoms with Gasteiger partial charge in [-0.2, -0.15) is 5.10 Å². The predicted molar refractivity (Wildman–Crippen MR) is 106 cm³/mol. The molecule has 1 amide bonds. The molecule has 0 aliphatic rings. The first kappa shape index (κ1) is 21.1. The zero-order valence-electron chi connectivity index (χ0n) is 16.4. The van der Waals surface area contributed by atoms with Gasteiger partial charge in [-0.3, -0.25) is 9.48 Å². The molecule has 7 nitrogen and oxygen atoms in total. The van der Waals surface area contributed by atoms with E-state index in [0.717, 1.165) is 11.3 Å². The molecule has 148 valence electrons. The van der Waals surface area contributed by atoms with Gasteiger partial charge in [0.2, 0.25) is 10.0 Å². The molecule has 0 aliphatic carbocycles. The molecule has 1 heterocycles. The molecule has 0 radical (unpaired) electrons. The fourth-order valence-electron chi connectivity index (χ4n) is 2.89. The summed E-state index contributed by atoms with van der Waals surface area (Å²) in [6.07, 6.45) is 0.553. The minimum Gasteiger partial charge on any atom is -0.352 e. The SMILES string of the molecule is CCS(=O)(=O)N(C)CCCNC(=O)c1c(C)nn(Cc2ccccc2)c1C. The third-order valence-electron chi connectivity index (χ3n) is 4.56. The van der Waals surface area contributed by atoms with Gasteiger partial charge in [-0.25, -0.2) is 12.7 Å². The normalized spacial score (nSPS) is 11.7. The van der Waals surface area contributed by atoms with Crippen molar-refractivity contribution in [3.63, 3.8) is 0 Å². The summed E-state index contributed by atoms with van der Waals surface area (Å²) in [5.41, 5.74) is 3.21. The Labute approximate surface area is 161 Å². The van der Waals surface area contributed by atoms with Crippen LogP contribution in [0, 0.1) is 13.8 Å². The summed E-state index contributed by atoms with van der Waals surface area (Å²) in [6, 6.07) is 9.97. The van der Waals surface area contributed by atoms with Crippen LogP contribution in [0.15, 0.2) is 30.3 Å². The fourth-order valence-corrected chi connectivity index (χ4v) is 3.74. The van der Waals surface area contributed by atoms with Crippen molar-refractivity contribution in [3.8, 4) is 0 Å². The van der Waals surface area contributed by atoms with Crippen LogP contribution >= 0.6 is 0 Å². The molecule has 27 heavy (non-hydrogen) atoms. The second-order valence-corrected chi connectivity index (χ2v) is 8.89.